The number of aliphatic hydroxyl groups is 1. The van der Waals surface area contributed by atoms with Crippen LogP contribution in [-0.4, -0.2) is 51.3 Å². The first-order chi connectivity index (χ1) is 14.3. The molecule has 0 atom stereocenters. The number of benzene rings is 1. The van der Waals surface area contributed by atoms with Gasteiger partial charge >= 0.3 is 0 Å². The normalized spacial score (nSPS) is 12.0. The Bertz CT molecular complexity index is 1080. The molecule has 1 amide bonds. The largest absolute Gasteiger partial charge is 0.396 e. The number of aliphatic hydroxyl groups excluding tert-OH is 1. The summed E-state index contributed by atoms with van der Waals surface area (Å²) in [4.78, 5) is 21.2. The number of amides is 1. The van der Waals surface area contributed by atoms with Crippen molar-refractivity contribution in [3.63, 3.8) is 0 Å². The second kappa shape index (κ2) is 9.06. The number of aryl methyl sites for hydroxylation is 2. The monoisotopic (exact) mass is 408 g/mol. The molecule has 8 nitrogen and oxygen atoms in total. The number of hydrazine groups is 1. The zero-order valence-corrected chi connectivity index (χ0v) is 17.8. The highest BCUT2D eigenvalue weighted by molar-refractivity contribution is 6.06. The van der Waals surface area contributed by atoms with Gasteiger partial charge < -0.3 is 15.4 Å². The third-order valence-corrected chi connectivity index (χ3v) is 4.83. The van der Waals surface area contributed by atoms with Crippen LogP contribution in [0.1, 0.15) is 24.6 Å². The molecule has 0 fully saturated rings. The van der Waals surface area contributed by atoms with Crippen LogP contribution in [0.2, 0.25) is 0 Å². The molecule has 0 aliphatic carbocycles. The molecular formula is C22H28N6O2. The lowest BCUT2D eigenvalue weighted by Gasteiger charge is -2.13. The van der Waals surface area contributed by atoms with Crippen molar-refractivity contribution < 1.29 is 9.90 Å². The molecule has 3 aromatic rings. The fourth-order valence-corrected chi connectivity index (χ4v) is 3.39. The van der Waals surface area contributed by atoms with Gasteiger partial charge in [-0.2, -0.15) is 0 Å². The van der Waals surface area contributed by atoms with E-state index in [1.54, 1.807) is 26.0 Å². The predicted molar refractivity (Wildman–Crippen MR) is 119 cm³/mol. The SMILES string of the molecule is C/C(=C\c1c(-c2ccc(C)cc2)c2c(N)ncnc2n1CCCO)C(=O)NN(C)C. The fourth-order valence-electron chi connectivity index (χ4n) is 3.39. The van der Waals surface area contributed by atoms with Crippen LogP contribution in [0.5, 0.6) is 0 Å². The van der Waals surface area contributed by atoms with Crippen LogP contribution in [0.3, 0.4) is 0 Å². The van der Waals surface area contributed by atoms with Crippen molar-refractivity contribution in [2.45, 2.75) is 26.8 Å². The highest BCUT2D eigenvalue weighted by Gasteiger charge is 2.21. The van der Waals surface area contributed by atoms with E-state index in [4.69, 9.17) is 5.73 Å². The van der Waals surface area contributed by atoms with Gasteiger partial charge in [0.2, 0.25) is 0 Å². The predicted octanol–water partition coefficient (Wildman–Crippen LogP) is 2.37. The summed E-state index contributed by atoms with van der Waals surface area (Å²) in [6.07, 6.45) is 3.82. The minimum atomic E-state index is -0.201. The van der Waals surface area contributed by atoms with E-state index in [2.05, 4.69) is 15.4 Å². The van der Waals surface area contributed by atoms with E-state index in [1.165, 1.54) is 6.33 Å². The van der Waals surface area contributed by atoms with Gasteiger partial charge in [0.15, 0.2) is 0 Å². The van der Waals surface area contributed by atoms with E-state index in [0.29, 0.717) is 30.0 Å². The Morgan fingerprint density at radius 3 is 2.60 bits per heavy atom. The molecule has 0 spiro atoms. The average molecular weight is 409 g/mol. The fraction of sp³-hybridized carbons (Fsp3) is 0.318. The Labute approximate surface area is 176 Å². The molecule has 4 N–H and O–H groups in total. The molecule has 0 saturated carbocycles. The first kappa shape index (κ1) is 21.5. The summed E-state index contributed by atoms with van der Waals surface area (Å²) in [6, 6.07) is 8.12. The number of carbonyl (C=O) groups is 1. The molecule has 158 valence electrons. The molecule has 0 unspecified atom stereocenters. The van der Waals surface area contributed by atoms with E-state index in [9.17, 15) is 9.90 Å². The molecule has 0 saturated heterocycles. The number of nitrogens with two attached hydrogens (primary N) is 1. The summed E-state index contributed by atoms with van der Waals surface area (Å²) in [5, 5.41) is 11.8. The number of fused-ring (bicyclic) bond motifs is 1. The zero-order chi connectivity index (χ0) is 21.8. The Balaban J connectivity index is 2.31. The standard InChI is InChI=1S/C22H28N6O2/c1-14-6-8-16(9-7-14)18-17(12-15(2)22(30)26-27(3)4)28(10-5-11-29)21-19(18)20(23)24-13-25-21/h6-9,12-13,29H,5,10-11H2,1-4H3,(H,26,30)(H2,23,24,25)/b15-12+. The van der Waals surface area contributed by atoms with Crippen molar-refractivity contribution in [2.75, 3.05) is 26.4 Å². The van der Waals surface area contributed by atoms with E-state index in [0.717, 1.165) is 27.8 Å². The number of rotatable bonds is 7. The molecular weight excluding hydrogens is 380 g/mol. The number of carbonyl (C=O) groups excluding carboxylic acids is 1. The summed E-state index contributed by atoms with van der Waals surface area (Å²) in [5.41, 5.74) is 14.0. The van der Waals surface area contributed by atoms with Crippen molar-refractivity contribution in [3.05, 3.63) is 47.4 Å². The second-order valence-electron chi connectivity index (χ2n) is 7.48. The van der Waals surface area contributed by atoms with Crippen LogP contribution in [0, 0.1) is 6.92 Å². The Kier molecular flexibility index (Phi) is 6.49. The van der Waals surface area contributed by atoms with E-state index >= 15 is 0 Å². The molecule has 0 aliphatic heterocycles. The quantitative estimate of drug-likeness (QED) is 0.409. The summed E-state index contributed by atoms with van der Waals surface area (Å²) >= 11 is 0. The van der Waals surface area contributed by atoms with Gasteiger partial charge in [0.05, 0.1) is 11.1 Å². The zero-order valence-electron chi connectivity index (χ0n) is 17.8. The summed E-state index contributed by atoms with van der Waals surface area (Å²) in [6.45, 7) is 4.37. The third kappa shape index (κ3) is 4.34. The molecule has 8 heteroatoms. The lowest BCUT2D eigenvalue weighted by atomic mass is 10.0. The van der Waals surface area contributed by atoms with Crippen molar-refractivity contribution in [3.8, 4) is 11.1 Å². The van der Waals surface area contributed by atoms with E-state index < -0.39 is 0 Å². The summed E-state index contributed by atoms with van der Waals surface area (Å²) < 4.78 is 1.99. The summed E-state index contributed by atoms with van der Waals surface area (Å²) in [5.74, 6) is 0.177. The van der Waals surface area contributed by atoms with Gasteiger partial charge in [0.1, 0.15) is 17.8 Å². The molecule has 30 heavy (non-hydrogen) atoms. The van der Waals surface area contributed by atoms with Gasteiger partial charge in [-0.3, -0.25) is 10.2 Å². The van der Waals surface area contributed by atoms with E-state index in [-0.39, 0.29) is 12.5 Å². The number of hydrogen-bond acceptors (Lipinski definition) is 6. The number of nitrogens with one attached hydrogen (secondary N) is 1. The van der Waals surface area contributed by atoms with Gasteiger partial charge in [-0.1, -0.05) is 29.8 Å². The molecule has 0 bridgehead atoms. The maximum Gasteiger partial charge on any atom is 0.261 e. The lowest BCUT2D eigenvalue weighted by molar-refractivity contribution is -0.120. The first-order valence-corrected chi connectivity index (χ1v) is 9.80. The van der Waals surface area contributed by atoms with Crippen molar-refractivity contribution in [1.29, 1.82) is 0 Å². The third-order valence-electron chi connectivity index (χ3n) is 4.83. The maximum absolute atomic E-state index is 12.5. The minimum Gasteiger partial charge on any atom is -0.396 e. The Morgan fingerprint density at radius 2 is 1.97 bits per heavy atom. The van der Waals surface area contributed by atoms with Crippen LogP contribution in [-0.2, 0) is 11.3 Å². The Hall–Kier alpha value is -3.23. The smallest absolute Gasteiger partial charge is 0.261 e. The van der Waals surface area contributed by atoms with Crippen LogP contribution >= 0.6 is 0 Å². The van der Waals surface area contributed by atoms with Crippen molar-refractivity contribution in [2.24, 2.45) is 0 Å². The number of hydrogen-bond donors (Lipinski definition) is 3. The molecule has 0 radical (unpaired) electrons. The van der Waals surface area contributed by atoms with Crippen molar-refractivity contribution in [1.82, 2.24) is 25.0 Å². The van der Waals surface area contributed by atoms with Crippen LogP contribution in [0.25, 0.3) is 28.2 Å². The minimum absolute atomic E-state index is 0.0450. The van der Waals surface area contributed by atoms with Gasteiger partial charge in [-0.25, -0.2) is 15.0 Å². The lowest BCUT2D eigenvalue weighted by Crippen LogP contribution is -2.36. The number of anilines is 1. The van der Waals surface area contributed by atoms with Gasteiger partial charge in [0.25, 0.3) is 5.91 Å². The topological polar surface area (TPSA) is 109 Å². The highest BCUT2D eigenvalue weighted by Crippen LogP contribution is 2.38. The van der Waals surface area contributed by atoms with Crippen LogP contribution in [0.15, 0.2) is 36.2 Å². The summed E-state index contributed by atoms with van der Waals surface area (Å²) in [7, 11) is 3.52. The number of nitrogen functional groups attached to an aromatic ring is 1. The van der Waals surface area contributed by atoms with Gasteiger partial charge in [-0.05, 0) is 31.9 Å². The first-order valence-electron chi connectivity index (χ1n) is 9.80. The Morgan fingerprint density at radius 1 is 1.27 bits per heavy atom. The second-order valence-corrected chi connectivity index (χ2v) is 7.48. The highest BCUT2D eigenvalue weighted by atomic mass is 16.3. The van der Waals surface area contributed by atoms with E-state index in [1.807, 2.05) is 41.8 Å². The molecule has 1 aromatic carbocycles. The number of nitrogens with zero attached hydrogens (tertiary/aromatic N) is 4. The van der Waals surface area contributed by atoms with Gasteiger partial charge in [-0.15, -0.1) is 0 Å². The maximum atomic E-state index is 12.5. The van der Waals surface area contributed by atoms with Crippen molar-refractivity contribution >= 4 is 28.8 Å². The van der Waals surface area contributed by atoms with Gasteiger partial charge in [0, 0.05) is 38.4 Å². The van der Waals surface area contributed by atoms with Crippen LogP contribution in [0.4, 0.5) is 5.82 Å². The average Bonchev–Trinajstić information content (AvgIpc) is 3.00. The molecule has 2 heterocycles. The molecule has 2 aromatic heterocycles. The number of aromatic nitrogens is 3. The molecule has 0 aliphatic rings. The molecule has 3 rings (SSSR count). The van der Waals surface area contributed by atoms with Crippen LogP contribution < -0.4 is 11.2 Å².